The lowest BCUT2D eigenvalue weighted by Gasteiger charge is -2.18. The topological polar surface area (TPSA) is 82.1 Å². The lowest BCUT2D eigenvalue weighted by atomic mass is 10.0. The average molecular weight is 716 g/mol. The fourth-order valence-corrected chi connectivity index (χ4v) is 5.74. The molecule has 0 radical (unpaired) electrons. The maximum atomic E-state index is 12.5. The molecule has 0 rings (SSSR count). The Morgan fingerprint density at radius 3 is 1.33 bits per heavy atom. The second kappa shape index (κ2) is 38.6. The van der Waals surface area contributed by atoms with Gasteiger partial charge in [0, 0.05) is 20.3 Å². The normalized spacial score (nSPS) is 12.6. The summed E-state index contributed by atoms with van der Waals surface area (Å²) in [6.45, 7) is 4.85. The van der Waals surface area contributed by atoms with E-state index in [0.717, 1.165) is 96.4 Å². The quantitative estimate of drug-likeness (QED) is 0.0276. The number of unbranched alkanes of at least 4 members (excludes halogenated alkanes) is 15. The number of ether oxygens (including phenoxy) is 3. The minimum atomic E-state index is -0.205. The van der Waals surface area contributed by atoms with Crippen molar-refractivity contribution in [2.24, 2.45) is 0 Å². The molecule has 0 aromatic heterocycles. The molecule has 0 N–H and O–H groups in total. The Kier molecular flexibility index (Phi) is 36.5. The van der Waals surface area contributed by atoms with E-state index < -0.39 is 0 Å². The number of carbonyl (C=O) groups is 3. The predicted octanol–water partition coefficient (Wildman–Crippen LogP) is 11.6. The molecule has 1 unspecified atom stereocenters. The van der Waals surface area contributed by atoms with E-state index in [4.69, 9.17) is 14.2 Å². The van der Waals surface area contributed by atoms with Crippen LogP contribution in [0.25, 0.3) is 0 Å². The maximum absolute atomic E-state index is 12.5. The van der Waals surface area contributed by atoms with E-state index in [1.807, 2.05) is 14.1 Å². The van der Waals surface area contributed by atoms with Crippen LogP contribution in [0.4, 0.5) is 0 Å². The molecule has 7 heteroatoms. The van der Waals surface area contributed by atoms with E-state index in [-0.39, 0.29) is 24.0 Å². The monoisotopic (exact) mass is 716 g/mol. The number of allylic oxidation sites excluding steroid dienone is 8. The van der Waals surface area contributed by atoms with Crippen LogP contribution < -0.4 is 0 Å². The number of carbonyl (C=O) groups excluding carboxylic acids is 3. The third kappa shape index (κ3) is 41.6. The van der Waals surface area contributed by atoms with Crippen LogP contribution in [0.2, 0.25) is 0 Å². The van der Waals surface area contributed by atoms with Crippen LogP contribution in [-0.4, -0.2) is 62.8 Å². The molecular weight excluding hydrogens is 638 g/mol. The first kappa shape index (κ1) is 48.3. The number of hydrogen-bond acceptors (Lipinski definition) is 7. The molecule has 0 aromatic rings. The molecule has 0 bridgehead atoms. The number of hydrogen-bond donors (Lipinski definition) is 0. The molecule has 0 amide bonds. The lowest BCUT2D eigenvalue weighted by Crippen LogP contribution is -2.20. The van der Waals surface area contributed by atoms with Crippen molar-refractivity contribution in [3.8, 4) is 0 Å². The van der Waals surface area contributed by atoms with Gasteiger partial charge in [-0.05, 0) is 123 Å². The Morgan fingerprint density at radius 2 is 0.882 bits per heavy atom. The third-order valence-electron chi connectivity index (χ3n) is 8.68. The van der Waals surface area contributed by atoms with Gasteiger partial charge in [0.25, 0.3) is 0 Å². The summed E-state index contributed by atoms with van der Waals surface area (Å²) in [6.07, 6.45) is 45.3. The van der Waals surface area contributed by atoms with Gasteiger partial charge in [0.1, 0.15) is 6.10 Å². The average Bonchev–Trinajstić information content (AvgIpc) is 3.08. The van der Waals surface area contributed by atoms with E-state index in [0.29, 0.717) is 19.6 Å². The fourth-order valence-electron chi connectivity index (χ4n) is 5.74. The van der Waals surface area contributed by atoms with Crippen molar-refractivity contribution in [2.45, 2.75) is 180 Å². The van der Waals surface area contributed by atoms with Crippen molar-refractivity contribution >= 4 is 17.9 Å². The molecule has 0 saturated carbocycles. The SMILES string of the molecule is CC(=O)OCCC/C=C\C/C=C\CCCCCCCCC(CCCCCCCC/C=C\C/C=C\CCCCOC(C)=O)OC(=O)CCCN(C)C. The van der Waals surface area contributed by atoms with Crippen LogP contribution in [0.1, 0.15) is 174 Å². The first-order chi connectivity index (χ1) is 24.8. The number of rotatable bonds is 36. The van der Waals surface area contributed by atoms with Crippen LogP contribution in [0.3, 0.4) is 0 Å². The molecule has 51 heavy (non-hydrogen) atoms. The zero-order chi connectivity index (χ0) is 37.5. The zero-order valence-corrected chi connectivity index (χ0v) is 33.4. The molecule has 0 saturated heterocycles. The summed E-state index contributed by atoms with van der Waals surface area (Å²) in [5.41, 5.74) is 0. The third-order valence-corrected chi connectivity index (χ3v) is 8.68. The highest BCUT2D eigenvalue weighted by atomic mass is 16.5. The second-order valence-corrected chi connectivity index (χ2v) is 14.1. The van der Waals surface area contributed by atoms with Gasteiger partial charge in [0.15, 0.2) is 0 Å². The van der Waals surface area contributed by atoms with Gasteiger partial charge in [-0.3, -0.25) is 14.4 Å². The van der Waals surface area contributed by atoms with E-state index in [1.165, 1.54) is 78.1 Å². The summed E-state index contributed by atoms with van der Waals surface area (Å²) in [4.78, 5) is 36.1. The predicted molar refractivity (Wildman–Crippen MR) is 214 cm³/mol. The van der Waals surface area contributed by atoms with Gasteiger partial charge >= 0.3 is 17.9 Å². The fraction of sp³-hybridized carbons (Fsp3) is 0.750. The smallest absolute Gasteiger partial charge is 0.306 e. The van der Waals surface area contributed by atoms with Crippen molar-refractivity contribution in [3.05, 3.63) is 48.6 Å². The molecule has 0 fully saturated rings. The highest BCUT2D eigenvalue weighted by molar-refractivity contribution is 5.69. The summed E-state index contributed by atoms with van der Waals surface area (Å²) in [5, 5.41) is 0. The molecular formula is C44H77NO6. The molecule has 1 atom stereocenters. The lowest BCUT2D eigenvalue weighted by molar-refractivity contribution is -0.150. The summed E-state index contributed by atoms with van der Waals surface area (Å²) in [5.74, 6) is -0.425. The number of nitrogens with zero attached hydrogens (tertiary/aromatic N) is 1. The summed E-state index contributed by atoms with van der Waals surface area (Å²) >= 11 is 0. The van der Waals surface area contributed by atoms with Crippen LogP contribution in [0.5, 0.6) is 0 Å². The standard InChI is InChI=1S/C44H77NO6/c1-41(46)49-39-32-28-24-20-16-12-8-5-6-10-14-18-22-26-30-35-43(51-44(48)37-34-38-45(3)4)36-31-27-23-19-15-11-7-9-13-17-21-25-29-33-40-50-42(2)47/h5,8-9,13,16,20-21,25,43H,6-7,10-12,14-15,17-19,22-24,26-40H2,1-4H3/b8-5-,13-9-,20-16-,25-21-. The minimum Gasteiger partial charge on any atom is -0.466 e. The molecule has 0 spiro atoms. The van der Waals surface area contributed by atoms with Gasteiger partial charge in [0.2, 0.25) is 0 Å². The summed E-state index contributed by atoms with van der Waals surface area (Å²) < 4.78 is 15.9. The van der Waals surface area contributed by atoms with Crippen molar-refractivity contribution < 1.29 is 28.6 Å². The first-order valence-corrected chi connectivity index (χ1v) is 20.5. The maximum Gasteiger partial charge on any atom is 0.306 e. The zero-order valence-electron chi connectivity index (χ0n) is 33.4. The van der Waals surface area contributed by atoms with Gasteiger partial charge in [-0.25, -0.2) is 0 Å². The van der Waals surface area contributed by atoms with Crippen molar-refractivity contribution in [1.82, 2.24) is 4.90 Å². The highest BCUT2D eigenvalue weighted by Gasteiger charge is 2.14. The van der Waals surface area contributed by atoms with E-state index in [1.54, 1.807) is 0 Å². The molecule has 0 aliphatic heterocycles. The van der Waals surface area contributed by atoms with Gasteiger partial charge in [-0.1, -0.05) is 100.0 Å². The Hall–Kier alpha value is -2.67. The van der Waals surface area contributed by atoms with Crippen molar-refractivity contribution in [3.63, 3.8) is 0 Å². The van der Waals surface area contributed by atoms with Gasteiger partial charge in [-0.15, -0.1) is 0 Å². The summed E-state index contributed by atoms with van der Waals surface area (Å²) in [6, 6.07) is 0. The molecule has 7 nitrogen and oxygen atoms in total. The van der Waals surface area contributed by atoms with Crippen LogP contribution in [0.15, 0.2) is 48.6 Å². The Labute approximate surface area is 313 Å². The van der Waals surface area contributed by atoms with Gasteiger partial charge < -0.3 is 19.1 Å². The van der Waals surface area contributed by atoms with Crippen LogP contribution >= 0.6 is 0 Å². The molecule has 0 aromatic carbocycles. The van der Waals surface area contributed by atoms with Crippen LogP contribution in [0, 0.1) is 0 Å². The number of esters is 3. The first-order valence-electron chi connectivity index (χ1n) is 20.5. The summed E-state index contributed by atoms with van der Waals surface area (Å²) in [7, 11) is 4.09. The Morgan fingerprint density at radius 1 is 0.490 bits per heavy atom. The van der Waals surface area contributed by atoms with Gasteiger partial charge in [0.05, 0.1) is 13.2 Å². The minimum absolute atomic E-state index is 0.0237. The highest BCUT2D eigenvalue weighted by Crippen LogP contribution is 2.18. The Balaban J connectivity index is 4.00. The van der Waals surface area contributed by atoms with Gasteiger partial charge in [-0.2, -0.15) is 0 Å². The van der Waals surface area contributed by atoms with E-state index in [2.05, 4.69) is 53.5 Å². The molecule has 0 aliphatic rings. The molecule has 0 aliphatic carbocycles. The molecule has 0 heterocycles. The van der Waals surface area contributed by atoms with E-state index >= 15 is 0 Å². The Bertz CT molecular complexity index is 938. The van der Waals surface area contributed by atoms with E-state index in [9.17, 15) is 14.4 Å². The largest absolute Gasteiger partial charge is 0.466 e. The molecule has 294 valence electrons. The van der Waals surface area contributed by atoms with Crippen molar-refractivity contribution in [2.75, 3.05) is 33.9 Å². The van der Waals surface area contributed by atoms with Crippen molar-refractivity contribution in [1.29, 1.82) is 0 Å². The second-order valence-electron chi connectivity index (χ2n) is 14.1. The van der Waals surface area contributed by atoms with Crippen LogP contribution in [-0.2, 0) is 28.6 Å².